The predicted molar refractivity (Wildman–Crippen MR) is 49.4 cm³/mol. The van der Waals surface area contributed by atoms with Crippen molar-refractivity contribution in [2.24, 2.45) is 5.92 Å². The quantitative estimate of drug-likeness (QED) is 0.488. The van der Waals surface area contributed by atoms with E-state index in [1.807, 2.05) is 6.08 Å². The molecule has 0 radical (unpaired) electrons. The van der Waals surface area contributed by atoms with Crippen molar-refractivity contribution in [3.63, 3.8) is 0 Å². The highest BCUT2D eigenvalue weighted by atomic mass is 16.7. The monoisotopic (exact) mass is 184 g/mol. The maximum Gasteiger partial charge on any atom is 0.508 e. The van der Waals surface area contributed by atoms with Crippen LogP contribution in [0, 0.1) is 5.92 Å². The van der Waals surface area contributed by atoms with Gasteiger partial charge in [0.15, 0.2) is 0 Å². The molecule has 0 aromatic heterocycles. The molecule has 0 bridgehead atoms. The Balaban J connectivity index is 2.44. The second kappa shape index (κ2) is 4.90. The maximum atomic E-state index is 10.9. The molecule has 2 unspecified atom stereocenters. The minimum absolute atomic E-state index is 0.0290. The summed E-state index contributed by atoms with van der Waals surface area (Å²) in [6.07, 6.45) is 5.55. The Morgan fingerprint density at radius 2 is 2.15 bits per heavy atom. The van der Waals surface area contributed by atoms with E-state index in [0.717, 1.165) is 19.3 Å². The van der Waals surface area contributed by atoms with Crippen LogP contribution >= 0.6 is 0 Å². The van der Waals surface area contributed by atoms with E-state index < -0.39 is 6.16 Å². The normalized spacial score (nSPS) is 27.8. The number of hydrogen-bond acceptors (Lipinski definition) is 3. The van der Waals surface area contributed by atoms with Crippen LogP contribution < -0.4 is 0 Å². The Kier molecular flexibility index (Phi) is 3.80. The molecule has 0 heterocycles. The van der Waals surface area contributed by atoms with Gasteiger partial charge >= 0.3 is 6.16 Å². The molecule has 1 aliphatic carbocycles. The summed E-state index contributed by atoms with van der Waals surface area (Å²) in [5.41, 5.74) is 0. The molecule has 0 aromatic carbocycles. The number of methoxy groups -OCH3 is 1. The number of carbonyl (C=O) groups is 1. The topological polar surface area (TPSA) is 35.5 Å². The van der Waals surface area contributed by atoms with Gasteiger partial charge in [-0.05, 0) is 19.3 Å². The Bertz CT molecular complexity index is 189. The molecule has 1 saturated carbocycles. The van der Waals surface area contributed by atoms with Crippen LogP contribution in [0.15, 0.2) is 12.7 Å². The first-order valence-corrected chi connectivity index (χ1v) is 4.65. The number of rotatable bonds is 2. The van der Waals surface area contributed by atoms with Gasteiger partial charge in [0.05, 0.1) is 7.11 Å². The standard InChI is InChI=1S/C10H16O3/c1-3-8-6-4-5-7-9(8)13-10(11)12-2/h3,8-9H,1,4-7H2,2H3. The van der Waals surface area contributed by atoms with Crippen LogP contribution in [-0.4, -0.2) is 19.4 Å². The van der Waals surface area contributed by atoms with E-state index >= 15 is 0 Å². The predicted octanol–water partition coefficient (Wildman–Crippen LogP) is 2.51. The lowest BCUT2D eigenvalue weighted by atomic mass is 9.86. The molecular formula is C10H16O3. The Labute approximate surface area is 78.7 Å². The Hall–Kier alpha value is -0.990. The molecule has 3 heteroatoms. The van der Waals surface area contributed by atoms with Crippen molar-refractivity contribution in [2.75, 3.05) is 7.11 Å². The van der Waals surface area contributed by atoms with Crippen molar-refractivity contribution < 1.29 is 14.3 Å². The van der Waals surface area contributed by atoms with Crippen molar-refractivity contribution in [1.29, 1.82) is 0 Å². The smallest absolute Gasteiger partial charge is 0.438 e. The van der Waals surface area contributed by atoms with Gasteiger partial charge in [0.1, 0.15) is 6.10 Å². The van der Waals surface area contributed by atoms with Crippen molar-refractivity contribution >= 4 is 6.16 Å². The summed E-state index contributed by atoms with van der Waals surface area (Å²) in [5, 5.41) is 0. The summed E-state index contributed by atoms with van der Waals surface area (Å²) in [6.45, 7) is 3.74. The van der Waals surface area contributed by atoms with Gasteiger partial charge < -0.3 is 9.47 Å². The zero-order valence-corrected chi connectivity index (χ0v) is 7.99. The third kappa shape index (κ3) is 2.76. The van der Waals surface area contributed by atoms with Crippen molar-refractivity contribution in [3.05, 3.63) is 12.7 Å². The van der Waals surface area contributed by atoms with Crippen LogP contribution in [0.4, 0.5) is 4.79 Å². The summed E-state index contributed by atoms with van der Waals surface area (Å²) < 4.78 is 9.56. The van der Waals surface area contributed by atoms with Gasteiger partial charge in [-0.3, -0.25) is 0 Å². The van der Waals surface area contributed by atoms with Gasteiger partial charge in [-0.2, -0.15) is 0 Å². The van der Waals surface area contributed by atoms with Crippen LogP contribution in [-0.2, 0) is 9.47 Å². The second-order valence-corrected chi connectivity index (χ2v) is 3.29. The summed E-state index contributed by atoms with van der Waals surface area (Å²) in [6, 6.07) is 0. The molecule has 0 amide bonds. The highest BCUT2D eigenvalue weighted by Crippen LogP contribution is 2.27. The average Bonchev–Trinajstić information content (AvgIpc) is 2.18. The number of ether oxygens (including phenoxy) is 2. The molecule has 0 saturated heterocycles. The van der Waals surface area contributed by atoms with Gasteiger partial charge in [-0.15, -0.1) is 6.58 Å². The van der Waals surface area contributed by atoms with Gasteiger partial charge in [0, 0.05) is 5.92 Å². The minimum atomic E-state index is -0.584. The van der Waals surface area contributed by atoms with Gasteiger partial charge in [0.2, 0.25) is 0 Å². The lowest BCUT2D eigenvalue weighted by Gasteiger charge is -2.28. The average molecular weight is 184 g/mol. The molecule has 2 atom stereocenters. The third-order valence-corrected chi connectivity index (χ3v) is 2.47. The largest absolute Gasteiger partial charge is 0.508 e. The fourth-order valence-electron chi connectivity index (χ4n) is 1.71. The van der Waals surface area contributed by atoms with E-state index in [9.17, 15) is 4.79 Å². The fourth-order valence-corrected chi connectivity index (χ4v) is 1.71. The van der Waals surface area contributed by atoms with E-state index in [-0.39, 0.29) is 6.10 Å². The molecule has 3 nitrogen and oxygen atoms in total. The molecule has 74 valence electrons. The zero-order valence-electron chi connectivity index (χ0n) is 7.99. The van der Waals surface area contributed by atoms with Gasteiger partial charge in [-0.1, -0.05) is 12.5 Å². The first kappa shape index (κ1) is 10.1. The van der Waals surface area contributed by atoms with Crippen LogP contribution in [0.1, 0.15) is 25.7 Å². The Morgan fingerprint density at radius 1 is 1.46 bits per heavy atom. The molecule has 1 rings (SSSR count). The molecule has 0 spiro atoms. The van der Waals surface area contributed by atoms with Crippen LogP contribution in [0.5, 0.6) is 0 Å². The molecule has 0 N–H and O–H groups in total. The van der Waals surface area contributed by atoms with Crippen molar-refractivity contribution in [2.45, 2.75) is 31.8 Å². The van der Waals surface area contributed by atoms with Crippen molar-refractivity contribution in [1.82, 2.24) is 0 Å². The van der Waals surface area contributed by atoms with Crippen LogP contribution in [0.3, 0.4) is 0 Å². The first-order valence-electron chi connectivity index (χ1n) is 4.65. The minimum Gasteiger partial charge on any atom is -0.438 e. The molecule has 1 aliphatic rings. The van der Waals surface area contributed by atoms with E-state index in [0.29, 0.717) is 5.92 Å². The summed E-state index contributed by atoms with van der Waals surface area (Å²) in [5.74, 6) is 0.299. The number of carbonyl (C=O) groups excluding carboxylic acids is 1. The third-order valence-electron chi connectivity index (χ3n) is 2.47. The molecular weight excluding hydrogens is 168 g/mol. The lowest BCUT2D eigenvalue weighted by Crippen LogP contribution is -2.28. The van der Waals surface area contributed by atoms with E-state index in [4.69, 9.17) is 4.74 Å². The van der Waals surface area contributed by atoms with Crippen LogP contribution in [0.2, 0.25) is 0 Å². The van der Waals surface area contributed by atoms with E-state index in [2.05, 4.69) is 11.3 Å². The SMILES string of the molecule is C=CC1CCCCC1OC(=O)OC. The second-order valence-electron chi connectivity index (χ2n) is 3.29. The molecule has 0 aliphatic heterocycles. The summed E-state index contributed by atoms with van der Waals surface area (Å²) in [4.78, 5) is 10.9. The maximum absolute atomic E-state index is 10.9. The molecule has 1 fully saturated rings. The van der Waals surface area contributed by atoms with Crippen molar-refractivity contribution in [3.8, 4) is 0 Å². The highest BCUT2D eigenvalue weighted by Gasteiger charge is 2.26. The molecule has 13 heavy (non-hydrogen) atoms. The highest BCUT2D eigenvalue weighted by molar-refractivity contribution is 5.59. The van der Waals surface area contributed by atoms with E-state index in [1.54, 1.807) is 0 Å². The fraction of sp³-hybridized carbons (Fsp3) is 0.700. The van der Waals surface area contributed by atoms with Crippen LogP contribution in [0.25, 0.3) is 0 Å². The Morgan fingerprint density at radius 3 is 2.77 bits per heavy atom. The summed E-state index contributed by atoms with van der Waals surface area (Å²) in [7, 11) is 1.33. The van der Waals surface area contributed by atoms with E-state index in [1.165, 1.54) is 13.5 Å². The van der Waals surface area contributed by atoms with Gasteiger partial charge in [-0.25, -0.2) is 4.79 Å². The first-order chi connectivity index (χ1) is 6.27. The molecule has 0 aromatic rings. The number of hydrogen-bond donors (Lipinski definition) is 0. The lowest BCUT2D eigenvalue weighted by molar-refractivity contribution is 0.00729. The van der Waals surface area contributed by atoms with Gasteiger partial charge in [0.25, 0.3) is 0 Å². The zero-order chi connectivity index (χ0) is 9.68. The summed E-state index contributed by atoms with van der Waals surface area (Å²) >= 11 is 0.